The predicted molar refractivity (Wildman–Crippen MR) is 80.4 cm³/mol. The summed E-state index contributed by atoms with van der Waals surface area (Å²) in [6.07, 6.45) is 1.51. The van der Waals surface area contributed by atoms with Crippen molar-refractivity contribution < 1.29 is 18.3 Å². The maximum absolute atomic E-state index is 11.2. The van der Waals surface area contributed by atoms with E-state index < -0.39 is 16.0 Å². The van der Waals surface area contributed by atoms with E-state index in [9.17, 15) is 13.2 Å². The third kappa shape index (κ3) is 7.25. The van der Waals surface area contributed by atoms with Gasteiger partial charge in [-0.2, -0.15) is 0 Å². The highest BCUT2D eigenvalue weighted by atomic mass is 32.2. The summed E-state index contributed by atoms with van der Waals surface area (Å²) < 4.78 is 25.0. The van der Waals surface area contributed by atoms with Gasteiger partial charge >= 0.3 is 5.97 Å². The number of aromatic carboxylic acids is 1. The molecule has 0 aliphatic carbocycles. The number of hydrogen-bond acceptors (Lipinski definition) is 3. The highest BCUT2D eigenvalue weighted by Crippen LogP contribution is 2.01. The number of benzene rings is 1. The molecular weight excluding hydrogens is 278 g/mol. The minimum absolute atomic E-state index is 0.269. The van der Waals surface area contributed by atoms with E-state index in [4.69, 9.17) is 5.11 Å². The lowest BCUT2D eigenvalue weighted by molar-refractivity contribution is 0.0697. The van der Waals surface area contributed by atoms with Gasteiger partial charge in [0.2, 0.25) is 10.0 Å². The number of carboxylic acid groups (broad SMARTS) is 1. The van der Waals surface area contributed by atoms with E-state index in [0.29, 0.717) is 18.5 Å². The molecule has 6 heteroatoms. The quantitative estimate of drug-likeness (QED) is 0.845. The summed E-state index contributed by atoms with van der Waals surface area (Å²) in [5, 5.41) is 8.12. The molecule has 2 N–H and O–H groups in total. The molecular formula is C14H23NO4S. The van der Waals surface area contributed by atoms with Gasteiger partial charge in [0.25, 0.3) is 0 Å². The monoisotopic (exact) mass is 301 g/mol. The van der Waals surface area contributed by atoms with Crippen LogP contribution in [0.4, 0.5) is 0 Å². The van der Waals surface area contributed by atoms with E-state index in [1.165, 1.54) is 0 Å². The SMILES string of the molecule is CCCNS(=O)(=O)C(C)CC.O=C(O)c1ccccc1. The number of carboxylic acids is 1. The molecule has 114 valence electrons. The molecule has 1 atom stereocenters. The van der Waals surface area contributed by atoms with Gasteiger partial charge in [-0.15, -0.1) is 0 Å². The summed E-state index contributed by atoms with van der Waals surface area (Å²) in [5.74, 6) is -0.879. The van der Waals surface area contributed by atoms with Crippen LogP contribution in [0.5, 0.6) is 0 Å². The zero-order valence-corrected chi connectivity index (χ0v) is 13.0. The van der Waals surface area contributed by atoms with Gasteiger partial charge in [-0.1, -0.05) is 32.0 Å². The van der Waals surface area contributed by atoms with Gasteiger partial charge in [0.15, 0.2) is 0 Å². The predicted octanol–water partition coefficient (Wildman–Crippen LogP) is 2.50. The molecule has 0 amide bonds. The Labute approximate surface area is 121 Å². The second-order valence-electron chi connectivity index (χ2n) is 4.33. The summed E-state index contributed by atoms with van der Waals surface area (Å²) in [5.41, 5.74) is 0.331. The van der Waals surface area contributed by atoms with Crippen LogP contribution < -0.4 is 4.72 Å². The van der Waals surface area contributed by atoms with Crippen LogP contribution in [-0.4, -0.2) is 31.3 Å². The zero-order valence-electron chi connectivity index (χ0n) is 12.2. The van der Waals surface area contributed by atoms with E-state index in [1.807, 2.05) is 13.8 Å². The van der Waals surface area contributed by atoms with Gasteiger partial charge in [0.05, 0.1) is 10.8 Å². The third-order valence-electron chi connectivity index (χ3n) is 2.68. The van der Waals surface area contributed by atoms with Gasteiger partial charge in [-0.3, -0.25) is 0 Å². The maximum atomic E-state index is 11.2. The molecule has 0 aromatic heterocycles. The number of hydrogen-bond donors (Lipinski definition) is 2. The standard InChI is InChI=1S/C7H17NO2S.C7H6O2/c1-4-6-8-11(9,10)7(3)5-2;8-7(9)6-4-2-1-3-5-6/h7-8H,4-6H2,1-3H3;1-5H,(H,8,9). The number of rotatable bonds is 6. The smallest absolute Gasteiger partial charge is 0.335 e. The lowest BCUT2D eigenvalue weighted by Gasteiger charge is -2.10. The Morgan fingerprint density at radius 3 is 2.15 bits per heavy atom. The Kier molecular flexibility index (Phi) is 8.83. The summed E-state index contributed by atoms with van der Waals surface area (Å²) in [6, 6.07) is 8.30. The van der Waals surface area contributed by atoms with Crippen molar-refractivity contribution in [3.05, 3.63) is 35.9 Å². The van der Waals surface area contributed by atoms with Crippen LogP contribution in [0.25, 0.3) is 0 Å². The average molecular weight is 301 g/mol. The first-order valence-electron chi connectivity index (χ1n) is 6.61. The van der Waals surface area contributed by atoms with E-state index in [0.717, 1.165) is 6.42 Å². The summed E-state index contributed by atoms with van der Waals surface area (Å²) >= 11 is 0. The van der Waals surface area contributed by atoms with E-state index in [1.54, 1.807) is 37.3 Å². The Morgan fingerprint density at radius 1 is 1.25 bits per heavy atom. The third-order valence-corrected chi connectivity index (χ3v) is 4.68. The number of sulfonamides is 1. The summed E-state index contributed by atoms with van der Waals surface area (Å²) in [4.78, 5) is 10.2. The molecule has 5 nitrogen and oxygen atoms in total. The highest BCUT2D eigenvalue weighted by Gasteiger charge is 2.16. The largest absolute Gasteiger partial charge is 0.478 e. The van der Waals surface area contributed by atoms with Gasteiger partial charge in [-0.05, 0) is 31.9 Å². The van der Waals surface area contributed by atoms with Crippen molar-refractivity contribution in [1.29, 1.82) is 0 Å². The van der Waals surface area contributed by atoms with Crippen molar-refractivity contribution >= 4 is 16.0 Å². The van der Waals surface area contributed by atoms with E-state index in [2.05, 4.69) is 4.72 Å². The minimum Gasteiger partial charge on any atom is -0.478 e. The Bertz CT molecular complexity index is 485. The van der Waals surface area contributed by atoms with Gasteiger partial charge < -0.3 is 5.11 Å². The number of nitrogens with one attached hydrogen (secondary N) is 1. The van der Waals surface area contributed by atoms with E-state index >= 15 is 0 Å². The lowest BCUT2D eigenvalue weighted by Crippen LogP contribution is -2.32. The average Bonchev–Trinajstić information content (AvgIpc) is 2.45. The summed E-state index contributed by atoms with van der Waals surface area (Å²) in [6.45, 7) is 6.08. The fourth-order valence-electron chi connectivity index (χ4n) is 1.19. The van der Waals surface area contributed by atoms with Gasteiger partial charge in [0.1, 0.15) is 0 Å². The molecule has 0 aliphatic rings. The molecule has 1 rings (SSSR count). The molecule has 0 radical (unpaired) electrons. The van der Waals surface area contributed by atoms with Crippen LogP contribution in [-0.2, 0) is 10.0 Å². The van der Waals surface area contributed by atoms with Crippen molar-refractivity contribution in [2.45, 2.75) is 38.9 Å². The van der Waals surface area contributed by atoms with Gasteiger partial charge in [0, 0.05) is 6.54 Å². The first-order valence-corrected chi connectivity index (χ1v) is 8.16. The van der Waals surface area contributed by atoms with Crippen molar-refractivity contribution in [2.24, 2.45) is 0 Å². The first kappa shape index (κ1) is 18.6. The van der Waals surface area contributed by atoms with Crippen molar-refractivity contribution in [2.75, 3.05) is 6.54 Å². The molecule has 1 aromatic carbocycles. The molecule has 0 fully saturated rings. The molecule has 1 unspecified atom stereocenters. The fraction of sp³-hybridized carbons (Fsp3) is 0.500. The minimum atomic E-state index is -3.02. The van der Waals surface area contributed by atoms with Crippen molar-refractivity contribution in [1.82, 2.24) is 4.72 Å². The second-order valence-corrected chi connectivity index (χ2v) is 6.51. The Hall–Kier alpha value is -1.40. The van der Waals surface area contributed by atoms with Crippen LogP contribution >= 0.6 is 0 Å². The van der Waals surface area contributed by atoms with Gasteiger partial charge in [-0.25, -0.2) is 17.9 Å². The molecule has 20 heavy (non-hydrogen) atoms. The lowest BCUT2D eigenvalue weighted by atomic mass is 10.2. The molecule has 0 saturated heterocycles. The first-order chi connectivity index (χ1) is 9.35. The van der Waals surface area contributed by atoms with E-state index in [-0.39, 0.29) is 5.25 Å². The summed E-state index contributed by atoms with van der Waals surface area (Å²) in [7, 11) is -3.02. The molecule has 0 heterocycles. The van der Waals surface area contributed by atoms with Crippen LogP contribution in [0.3, 0.4) is 0 Å². The molecule has 0 saturated carbocycles. The molecule has 0 aliphatic heterocycles. The number of carbonyl (C=O) groups is 1. The van der Waals surface area contributed by atoms with Crippen LogP contribution in [0.1, 0.15) is 44.0 Å². The van der Waals surface area contributed by atoms with Crippen LogP contribution in [0.2, 0.25) is 0 Å². The highest BCUT2D eigenvalue weighted by molar-refractivity contribution is 7.90. The zero-order chi connectivity index (χ0) is 15.6. The van der Waals surface area contributed by atoms with Crippen molar-refractivity contribution in [3.63, 3.8) is 0 Å². The Balaban J connectivity index is 0.000000367. The van der Waals surface area contributed by atoms with Crippen LogP contribution in [0.15, 0.2) is 30.3 Å². The van der Waals surface area contributed by atoms with Crippen LogP contribution in [0, 0.1) is 0 Å². The normalized spacial score (nSPS) is 12.2. The molecule has 1 aromatic rings. The maximum Gasteiger partial charge on any atom is 0.335 e. The topological polar surface area (TPSA) is 83.5 Å². The molecule has 0 spiro atoms. The van der Waals surface area contributed by atoms with Crippen molar-refractivity contribution in [3.8, 4) is 0 Å². The Morgan fingerprint density at radius 2 is 1.80 bits per heavy atom. The molecule has 0 bridgehead atoms. The fourth-order valence-corrected chi connectivity index (χ4v) is 2.40. The second kappa shape index (κ2) is 9.50.